The second-order valence-electron chi connectivity index (χ2n) is 3.13. The van der Waals surface area contributed by atoms with Crippen LogP contribution in [0.3, 0.4) is 0 Å². The highest BCUT2D eigenvalue weighted by Gasteiger charge is 2.28. The van der Waals surface area contributed by atoms with Crippen LogP contribution in [0.25, 0.3) is 0 Å². The molecule has 1 aliphatic heterocycles. The van der Waals surface area contributed by atoms with E-state index in [0.29, 0.717) is 0 Å². The first kappa shape index (κ1) is 10.4. The molecule has 1 aromatic rings. The van der Waals surface area contributed by atoms with Crippen LogP contribution in [-0.4, -0.2) is 20.4 Å². The second kappa shape index (κ2) is 3.20. The number of nitrogens with one attached hydrogen (secondary N) is 2. The summed E-state index contributed by atoms with van der Waals surface area (Å²) in [7, 11) is -3.92. The standard InChI is InChI=1S/C8H7N3O4S/c9-7(12)4-1-2-5-6(3-4)16(14,15)11-8(13)10-5/h1-3H,(H2,9,12)(H2,10,11,13). The molecule has 3 amide bonds. The zero-order chi connectivity index (χ0) is 11.9. The fourth-order valence-corrected chi connectivity index (χ4v) is 2.42. The van der Waals surface area contributed by atoms with Gasteiger partial charge in [-0.05, 0) is 18.2 Å². The zero-order valence-electron chi connectivity index (χ0n) is 7.85. The molecular weight excluding hydrogens is 234 g/mol. The Bertz CT molecular complexity index is 593. The van der Waals surface area contributed by atoms with Gasteiger partial charge >= 0.3 is 6.03 Å². The van der Waals surface area contributed by atoms with Gasteiger partial charge in [0.25, 0.3) is 10.0 Å². The van der Waals surface area contributed by atoms with Gasteiger partial charge in [0, 0.05) is 5.56 Å². The van der Waals surface area contributed by atoms with Crippen molar-refractivity contribution in [3.05, 3.63) is 23.8 Å². The highest BCUT2D eigenvalue weighted by molar-refractivity contribution is 7.90. The SMILES string of the molecule is NC(=O)c1ccc2c(c1)S(=O)(=O)NC(=O)N2. The zero-order valence-corrected chi connectivity index (χ0v) is 8.67. The van der Waals surface area contributed by atoms with Crippen molar-refractivity contribution < 1.29 is 18.0 Å². The number of anilines is 1. The smallest absolute Gasteiger partial charge is 0.333 e. The Hall–Kier alpha value is -2.09. The van der Waals surface area contributed by atoms with Crippen molar-refractivity contribution in [3.8, 4) is 0 Å². The molecule has 0 saturated heterocycles. The summed E-state index contributed by atoms with van der Waals surface area (Å²) in [6, 6.07) is 2.92. The number of amides is 3. The Morgan fingerprint density at radius 1 is 1.31 bits per heavy atom. The summed E-state index contributed by atoms with van der Waals surface area (Å²) in [5.74, 6) is -0.741. The number of fused-ring (bicyclic) bond motifs is 1. The first-order chi connectivity index (χ1) is 7.40. The predicted octanol–water partition coefficient (Wildman–Crippen LogP) is -0.391. The molecule has 84 valence electrons. The largest absolute Gasteiger partial charge is 0.366 e. The number of carbonyl (C=O) groups excluding carboxylic acids is 2. The number of carbonyl (C=O) groups is 2. The molecule has 1 heterocycles. The minimum Gasteiger partial charge on any atom is -0.366 e. The molecule has 8 heteroatoms. The van der Waals surface area contributed by atoms with Crippen molar-refractivity contribution in [2.75, 3.05) is 5.32 Å². The third-order valence-corrected chi connectivity index (χ3v) is 3.40. The van der Waals surface area contributed by atoms with Crippen LogP contribution in [0.5, 0.6) is 0 Å². The van der Waals surface area contributed by atoms with E-state index in [-0.39, 0.29) is 16.1 Å². The molecule has 0 aromatic heterocycles. The van der Waals surface area contributed by atoms with Crippen LogP contribution in [0.4, 0.5) is 10.5 Å². The molecule has 16 heavy (non-hydrogen) atoms. The summed E-state index contributed by atoms with van der Waals surface area (Å²) in [6.07, 6.45) is 0. The predicted molar refractivity (Wildman–Crippen MR) is 54.3 cm³/mol. The van der Waals surface area contributed by atoms with Gasteiger partial charge in [-0.1, -0.05) is 0 Å². The van der Waals surface area contributed by atoms with Crippen LogP contribution in [0.15, 0.2) is 23.1 Å². The lowest BCUT2D eigenvalue weighted by Crippen LogP contribution is -2.39. The minimum atomic E-state index is -3.92. The number of nitrogens with two attached hydrogens (primary N) is 1. The van der Waals surface area contributed by atoms with Crippen LogP contribution in [0.2, 0.25) is 0 Å². The maximum Gasteiger partial charge on any atom is 0.333 e. The molecule has 4 N–H and O–H groups in total. The minimum absolute atomic E-state index is 0.0558. The number of urea groups is 1. The number of hydrogen-bond acceptors (Lipinski definition) is 4. The number of hydrogen-bond donors (Lipinski definition) is 3. The van der Waals surface area contributed by atoms with Gasteiger partial charge in [-0.3, -0.25) is 4.79 Å². The topological polar surface area (TPSA) is 118 Å². The van der Waals surface area contributed by atoms with E-state index in [4.69, 9.17) is 5.73 Å². The van der Waals surface area contributed by atoms with Crippen LogP contribution in [0.1, 0.15) is 10.4 Å². The summed E-state index contributed by atoms with van der Waals surface area (Å²) in [5.41, 5.74) is 5.20. The van der Waals surface area contributed by atoms with Gasteiger partial charge in [0.2, 0.25) is 5.91 Å². The molecule has 0 radical (unpaired) electrons. The van der Waals surface area contributed by atoms with E-state index < -0.39 is 22.0 Å². The van der Waals surface area contributed by atoms with Crippen LogP contribution in [0, 0.1) is 0 Å². The van der Waals surface area contributed by atoms with Crippen molar-refractivity contribution in [2.45, 2.75) is 4.90 Å². The van der Waals surface area contributed by atoms with Crippen LogP contribution >= 0.6 is 0 Å². The highest BCUT2D eigenvalue weighted by Crippen LogP contribution is 2.25. The van der Waals surface area contributed by atoms with Crippen LogP contribution < -0.4 is 15.8 Å². The maximum atomic E-state index is 11.5. The lowest BCUT2D eigenvalue weighted by Gasteiger charge is -2.18. The Balaban J connectivity index is 2.66. The van der Waals surface area contributed by atoms with E-state index in [1.54, 1.807) is 4.72 Å². The van der Waals surface area contributed by atoms with Crippen molar-refractivity contribution >= 4 is 27.6 Å². The molecular formula is C8H7N3O4S. The Morgan fingerprint density at radius 2 is 2.00 bits per heavy atom. The van der Waals surface area contributed by atoms with Crippen molar-refractivity contribution in [3.63, 3.8) is 0 Å². The molecule has 0 bridgehead atoms. The van der Waals surface area contributed by atoms with Crippen molar-refractivity contribution in [1.82, 2.24) is 4.72 Å². The van der Waals surface area contributed by atoms with Gasteiger partial charge in [0.15, 0.2) is 0 Å². The van der Waals surface area contributed by atoms with Crippen molar-refractivity contribution in [2.24, 2.45) is 5.73 Å². The van der Waals surface area contributed by atoms with E-state index in [9.17, 15) is 18.0 Å². The third kappa shape index (κ3) is 1.58. The molecule has 0 fully saturated rings. The highest BCUT2D eigenvalue weighted by atomic mass is 32.2. The fourth-order valence-electron chi connectivity index (χ4n) is 1.33. The monoisotopic (exact) mass is 241 g/mol. The molecule has 7 nitrogen and oxygen atoms in total. The summed E-state index contributed by atoms with van der Waals surface area (Å²) >= 11 is 0. The van der Waals surface area contributed by atoms with E-state index in [1.807, 2.05) is 0 Å². The molecule has 0 unspecified atom stereocenters. The quantitative estimate of drug-likeness (QED) is 0.620. The normalized spacial score (nSPS) is 16.9. The third-order valence-electron chi connectivity index (χ3n) is 2.03. The Labute approximate surface area is 90.7 Å². The first-order valence-corrected chi connectivity index (χ1v) is 5.66. The molecule has 0 atom stereocenters. The number of sulfonamides is 1. The number of benzene rings is 1. The molecule has 1 aliphatic rings. The lowest BCUT2D eigenvalue weighted by molar-refractivity contribution is 0.1000. The van der Waals surface area contributed by atoms with E-state index in [1.165, 1.54) is 12.1 Å². The van der Waals surface area contributed by atoms with Gasteiger partial charge in [0.1, 0.15) is 4.90 Å². The van der Waals surface area contributed by atoms with Gasteiger partial charge in [-0.25, -0.2) is 17.9 Å². The average Bonchev–Trinajstić information content (AvgIpc) is 2.15. The molecule has 0 spiro atoms. The fraction of sp³-hybridized carbons (Fsp3) is 0. The Kier molecular flexibility index (Phi) is 2.09. The Morgan fingerprint density at radius 3 is 2.62 bits per heavy atom. The van der Waals surface area contributed by atoms with Gasteiger partial charge in [0.05, 0.1) is 5.69 Å². The van der Waals surface area contributed by atoms with Gasteiger partial charge in [-0.2, -0.15) is 0 Å². The van der Waals surface area contributed by atoms with E-state index in [0.717, 1.165) is 6.07 Å². The summed E-state index contributed by atoms with van der Waals surface area (Å²) in [4.78, 5) is 21.7. The summed E-state index contributed by atoms with van der Waals surface area (Å²) in [5, 5.41) is 2.30. The summed E-state index contributed by atoms with van der Waals surface area (Å²) in [6.45, 7) is 0. The van der Waals surface area contributed by atoms with Gasteiger partial charge in [-0.15, -0.1) is 0 Å². The van der Waals surface area contributed by atoms with Crippen LogP contribution in [-0.2, 0) is 10.0 Å². The lowest BCUT2D eigenvalue weighted by atomic mass is 10.2. The number of rotatable bonds is 1. The van der Waals surface area contributed by atoms with E-state index in [2.05, 4.69) is 5.32 Å². The van der Waals surface area contributed by atoms with Crippen molar-refractivity contribution in [1.29, 1.82) is 0 Å². The summed E-state index contributed by atoms with van der Waals surface area (Å²) < 4.78 is 24.8. The maximum absolute atomic E-state index is 11.5. The molecule has 0 aliphatic carbocycles. The molecule has 2 rings (SSSR count). The first-order valence-electron chi connectivity index (χ1n) is 4.18. The molecule has 0 saturated carbocycles. The van der Waals surface area contributed by atoms with Gasteiger partial charge < -0.3 is 11.1 Å². The average molecular weight is 241 g/mol. The second-order valence-corrected chi connectivity index (χ2v) is 4.79. The number of primary amides is 1. The van der Waals surface area contributed by atoms with E-state index >= 15 is 0 Å². The molecule has 1 aromatic carbocycles.